The molecule has 0 radical (unpaired) electrons. The molecule has 1 nitrogen and oxygen atoms in total. The molecule has 0 aliphatic heterocycles. The molecule has 0 aliphatic carbocycles. The zero-order valence-corrected chi connectivity index (χ0v) is 10.2. The Labute approximate surface area is 96.6 Å². The molecule has 0 amide bonds. The number of aliphatic hydroxyl groups is 1. The van der Waals surface area contributed by atoms with Gasteiger partial charge in [0.1, 0.15) is 0 Å². The van der Waals surface area contributed by atoms with Crippen LogP contribution in [0.5, 0.6) is 0 Å². The smallest absolute Gasteiger partial charge is 0.0682 e. The van der Waals surface area contributed by atoms with E-state index in [1.54, 1.807) is 23.1 Å². The second kappa shape index (κ2) is 4.14. The van der Waals surface area contributed by atoms with Gasteiger partial charge in [0.05, 0.1) is 6.61 Å². The third-order valence-electron chi connectivity index (χ3n) is 2.08. The van der Waals surface area contributed by atoms with Crippen molar-refractivity contribution in [2.45, 2.75) is 16.4 Å². The molecule has 2 rings (SSSR count). The summed E-state index contributed by atoms with van der Waals surface area (Å²) >= 11 is 7.81. The van der Waals surface area contributed by atoms with Gasteiger partial charge in [0.15, 0.2) is 0 Å². The Bertz CT molecular complexity index is 462. The first-order valence-corrected chi connectivity index (χ1v) is 6.69. The van der Waals surface area contributed by atoms with Crippen LogP contribution in [-0.2, 0) is 6.61 Å². The average molecular weight is 242 g/mol. The molecule has 4 heteroatoms. The summed E-state index contributed by atoms with van der Waals surface area (Å²) in [6.45, 7) is 0.0898. The number of thiol groups is 1. The van der Waals surface area contributed by atoms with E-state index in [1.807, 2.05) is 23.8 Å². The van der Waals surface area contributed by atoms with Crippen molar-refractivity contribution in [1.82, 2.24) is 0 Å². The summed E-state index contributed by atoms with van der Waals surface area (Å²) in [6.07, 6.45) is 2.05. The topological polar surface area (TPSA) is 20.2 Å². The molecule has 0 spiro atoms. The lowest BCUT2D eigenvalue weighted by molar-refractivity contribution is 0.282. The average Bonchev–Trinajstić information content (AvgIpc) is 2.59. The first-order chi connectivity index (χ1) is 6.76. The molecule has 74 valence electrons. The molecule has 0 atom stereocenters. The minimum atomic E-state index is 0.0898. The first kappa shape index (κ1) is 10.4. The molecule has 0 aliphatic rings. The van der Waals surface area contributed by atoms with E-state index in [4.69, 9.17) is 5.11 Å². The third-order valence-corrected chi connectivity index (χ3v) is 4.55. The van der Waals surface area contributed by atoms with Crippen molar-refractivity contribution in [1.29, 1.82) is 0 Å². The third kappa shape index (κ3) is 1.67. The van der Waals surface area contributed by atoms with Crippen LogP contribution in [0.4, 0.5) is 0 Å². The van der Waals surface area contributed by atoms with Gasteiger partial charge in [-0.05, 0) is 24.0 Å². The van der Waals surface area contributed by atoms with Gasteiger partial charge in [-0.15, -0.1) is 35.7 Å². The van der Waals surface area contributed by atoms with Gasteiger partial charge in [0, 0.05) is 25.3 Å². The Balaban J connectivity index is 2.76. The van der Waals surface area contributed by atoms with Crippen molar-refractivity contribution >= 4 is 45.8 Å². The highest BCUT2D eigenvalue weighted by Gasteiger charge is 2.07. The van der Waals surface area contributed by atoms with Gasteiger partial charge in [-0.25, -0.2) is 0 Å². The minimum Gasteiger partial charge on any atom is -0.392 e. The standard InChI is InChI=1S/C10H10OS3/c1-13-9-3-6(4-11)2-7-8(12)5-14-10(7)9/h2-3,5,11-12H,4H2,1H3. The van der Waals surface area contributed by atoms with Crippen molar-refractivity contribution < 1.29 is 5.11 Å². The SMILES string of the molecule is CSc1cc(CO)cc2c(S)csc12. The van der Waals surface area contributed by atoms with Crippen molar-refractivity contribution in [3.05, 3.63) is 23.1 Å². The Morgan fingerprint density at radius 1 is 1.50 bits per heavy atom. The Hall–Kier alpha value is -0.160. The van der Waals surface area contributed by atoms with E-state index >= 15 is 0 Å². The lowest BCUT2D eigenvalue weighted by atomic mass is 10.2. The second-order valence-corrected chi connectivity index (χ2v) is 5.16. The summed E-state index contributed by atoms with van der Waals surface area (Å²) < 4.78 is 1.26. The van der Waals surface area contributed by atoms with E-state index < -0.39 is 0 Å². The summed E-state index contributed by atoms with van der Waals surface area (Å²) in [4.78, 5) is 2.22. The second-order valence-electron chi connectivity index (χ2n) is 2.95. The summed E-state index contributed by atoms with van der Waals surface area (Å²) in [5.74, 6) is 0. The fourth-order valence-electron chi connectivity index (χ4n) is 1.39. The Morgan fingerprint density at radius 2 is 2.29 bits per heavy atom. The maximum atomic E-state index is 9.11. The molecular weight excluding hydrogens is 232 g/mol. The van der Waals surface area contributed by atoms with Crippen LogP contribution < -0.4 is 0 Å². The molecule has 14 heavy (non-hydrogen) atoms. The summed E-state index contributed by atoms with van der Waals surface area (Å²) in [7, 11) is 0. The molecular formula is C10H10OS3. The largest absolute Gasteiger partial charge is 0.392 e. The van der Waals surface area contributed by atoms with E-state index in [1.165, 1.54) is 9.60 Å². The van der Waals surface area contributed by atoms with E-state index in [2.05, 4.69) is 12.6 Å². The van der Waals surface area contributed by atoms with Crippen molar-refractivity contribution in [3.63, 3.8) is 0 Å². The van der Waals surface area contributed by atoms with E-state index in [-0.39, 0.29) is 6.61 Å². The van der Waals surface area contributed by atoms with Gasteiger partial charge in [0.2, 0.25) is 0 Å². The summed E-state index contributed by atoms with van der Waals surface area (Å²) in [5, 5.41) is 12.3. The zero-order valence-electron chi connectivity index (χ0n) is 7.65. The van der Waals surface area contributed by atoms with Crippen LogP contribution in [0.1, 0.15) is 5.56 Å². The number of hydrogen-bond donors (Lipinski definition) is 2. The number of benzene rings is 1. The van der Waals surface area contributed by atoms with E-state index in [0.29, 0.717) is 0 Å². The van der Waals surface area contributed by atoms with Crippen LogP contribution >= 0.6 is 35.7 Å². The van der Waals surface area contributed by atoms with Crippen LogP contribution in [0.25, 0.3) is 10.1 Å². The lowest BCUT2D eigenvalue weighted by Gasteiger charge is -2.03. The number of thioether (sulfide) groups is 1. The molecule has 1 aromatic carbocycles. The maximum absolute atomic E-state index is 9.11. The van der Waals surface area contributed by atoms with E-state index in [0.717, 1.165) is 15.8 Å². The fraction of sp³-hybridized carbons (Fsp3) is 0.200. The van der Waals surface area contributed by atoms with Crippen LogP contribution in [0.15, 0.2) is 27.3 Å². The fourth-order valence-corrected chi connectivity index (χ4v) is 3.59. The normalized spacial score (nSPS) is 11.1. The van der Waals surface area contributed by atoms with Gasteiger partial charge in [0.25, 0.3) is 0 Å². The zero-order chi connectivity index (χ0) is 10.1. The van der Waals surface area contributed by atoms with Crippen molar-refractivity contribution in [2.24, 2.45) is 0 Å². The summed E-state index contributed by atoms with van der Waals surface area (Å²) in [5.41, 5.74) is 0.954. The predicted molar refractivity (Wildman–Crippen MR) is 66.8 cm³/mol. The molecule has 0 saturated carbocycles. The monoisotopic (exact) mass is 242 g/mol. The molecule has 0 unspecified atom stereocenters. The predicted octanol–water partition coefficient (Wildman–Crippen LogP) is 3.40. The first-order valence-electron chi connectivity index (χ1n) is 4.14. The number of rotatable bonds is 2. The van der Waals surface area contributed by atoms with Gasteiger partial charge in [-0.1, -0.05) is 0 Å². The molecule has 0 bridgehead atoms. The van der Waals surface area contributed by atoms with E-state index in [9.17, 15) is 0 Å². The van der Waals surface area contributed by atoms with Gasteiger partial charge >= 0.3 is 0 Å². The van der Waals surface area contributed by atoms with Gasteiger partial charge in [-0.2, -0.15) is 0 Å². The number of fused-ring (bicyclic) bond motifs is 1. The molecule has 1 N–H and O–H groups in total. The van der Waals surface area contributed by atoms with Crippen LogP contribution in [0.2, 0.25) is 0 Å². The number of thiophene rings is 1. The highest BCUT2D eigenvalue weighted by molar-refractivity contribution is 7.99. The number of hydrogen-bond acceptors (Lipinski definition) is 4. The van der Waals surface area contributed by atoms with Crippen LogP contribution in [0.3, 0.4) is 0 Å². The summed E-state index contributed by atoms with van der Waals surface area (Å²) in [6, 6.07) is 4.05. The Kier molecular flexibility index (Phi) is 3.07. The van der Waals surface area contributed by atoms with Crippen molar-refractivity contribution in [3.8, 4) is 0 Å². The Morgan fingerprint density at radius 3 is 2.93 bits per heavy atom. The van der Waals surface area contributed by atoms with Gasteiger partial charge < -0.3 is 5.11 Å². The van der Waals surface area contributed by atoms with Gasteiger partial charge in [-0.3, -0.25) is 0 Å². The van der Waals surface area contributed by atoms with Crippen LogP contribution in [0, 0.1) is 0 Å². The number of aliphatic hydroxyl groups excluding tert-OH is 1. The minimum absolute atomic E-state index is 0.0898. The molecule has 0 fully saturated rings. The molecule has 0 saturated heterocycles. The molecule has 1 aromatic heterocycles. The molecule has 1 heterocycles. The lowest BCUT2D eigenvalue weighted by Crippen LogP contribution is -1.83. The highest BCUT2D eigenvalue weighted by Crippen LogP contribution is 2.36. The van der Waals surface area contributed by atoms with Crippen molar-refractivity contribution in [2.75, 3.05) is 6.26 Å². The highest BCUT2D eigenvalue weighted by atomic mass is 32.2. The molecule has 2 aromatic rings. The maximum Gasteiger partial charge on any atom is 0.0682 e. The quantitative estimate of drug-likeness (QED) is 0.622. The van der Waals surface area contributed by atoms with Crippen LogP contribution in [-0.4, -0.2) is 11.4 Å².